The fourth-order valence-electron chi connectivity index (χ4n) is 2.96. The van der Waals surface area contributed by atoms with E-state index in [2.05, 4.69) is 5.10 Å². The SMILES string of the molecule is COc1ccc(C2=NN(S(C)(=O)=O)[C@H](c3ccccc3Cl)C2)cc1OC. The second-order valence-corrected chi connectivity index (χ2v) is 8.14. The van der Waals surface area contributed by atoms with Gasteiger partial charge in [0.15, 0.2) is 11.5 Å². The molecule has 26 heavy (non-hydrogen) atoms. The average Bonchev–Trinajstić information content (AvgIpc) is 3.07. The Balaban J connectivity index is 2.04. The van der Waals surface area contributed by atoms with E-state index in [4.69, 9.17) is 21.1 Å². The average molecular weight is 395 g/mol. The maximum atomic E-state index is 12.3. The Bertz CT molecular complexity index is 959. The number of methoxy groups -OCH3 is 2. The summed E-state index contributed by atoms with van der Waals surface area (Å²) in [5.74, 6) is 1.15. The summed E-state index contributed by atoms with van der Waals surface area (Å²) < 4.78 is 36.2. The zero-order chi connectivity index (χ0) is 18.9. The largest absolute Gasteiger partial charge is 0.493 e. The molecule has 0 fully saturated rings. The molecule has 2 aromatic rings. The first-order valence-electron chi connectivity index (χ1n) is 7.89. The molecule has 1 heterocycles. The minimum absolute atomic E-state index is 0.409. The van der Waals surface area contributed by atoms with Crippen LogP contribution < -0.4 is 9.47 Å². The number of hydrazone groups is 1. The molecule has 0 aromatic heterocycles. The first-order valence-corrected chi connectivity index (χ1v) is 10.1. The minimum Gasteiger partial charge on any atom is -0.493 e. The van der Waals surface area contributed by atoms with Crippen LogP contribution in [-0.4, -0.2) is 39.0 Å². The molecule has 8 heteroatoms. The fourth-order valence-corrected chi connectivity index (χ4v) is 4.12. The third-order valence-corrected chi connectivity index (χ3v) is 5.55. The van der Waals surface area contributed by atoms with Crippen molar-refractivity contribution in [3.8, 4) is 11.5 Å². The standard InChI is InChI=1S/C18H19ClN2O4S/c1-24-17-9-8-12(10-18(17)25-2)15-11-16(21(20-15)26(3,22)23)13-6-4-5-7-14(13)19/h4-10,16H,11H2,1-3H3/t16-/m0/s1. The molecule has 3 rings (SSSR count). The summed E-state index contributed by atoms with van der Waals surface area (Å²) in [4.78, 5) is 0. The van der Waals surface area contributed by atoms with Crippen molar-refractivity contribution in [2.45, 2.75) is 12.5 Å². The van der Waals surface area contributed by atoms with Crippen LogP contribution in [0.25, 0.3) is 0 Å². The zero-order valence-corrected chi connectivity index (χ0v) is 16.2. The molecule has 2 aromatic carbocycles. The molecule has 0 spiro atoms. The predicted octanol–water partition coefficient (Wildman–Crippen LogP) is 3.47. The number of hydrogen-bond acceptors (Lipinski definition) is 5. The number of sulfonamides is 1. The van der Waals surface area contributed by atoms with Gasteiger partial charge in [-0.25, -0.2) is 8.42 Å². The molecule has 0 aliphatic carbocycles. The maximum absolute atomic E-state index is 12.3. The van der Waals surface area contributed by atoms with E-state index in [-0.39, 0.29) is 0 Å². The zero-order valence-electron chi connectivity index (χ0n) is 14.6. The molecule has 0 N–H and O–H groups in total. The third-order valence-electron chi connectivity index (χ3n) is 4.19. The highest BCUT2D eigenvalue weighted by molar-refractivity contribution is 7.88. The maximum Gasteiger partial charge on any atom is 0.247 e. The van der Waals surface area contributed by atoms with Crippen LogP contribution in [0.3, 0.4) is 0 Å². The van der Waals surface area contributed by atoms with Crippen LogP contribution in [0.4, 0.5) is 0 Å². The van der Waals surface area contributed by atoms with Crippen LogP contribution in [0.15, 0.2) is 47.6 Å². The van der Waals surface area contributed by atoms with Crippen LogP contribution in [0, 0.1) is 0 Å². The first-order chi connectivity index (χ1) is 12.3. The van der Waals surface area contributed by atoms with Gasteiger partial charge in [0.1, 0.15) is 0 Å². The van der Waals surface area contributed by atoms with Gasteiger partial charge < -0.3 is 9.47 Å². The van der Waals surface area contributed by atoms with Gasteiger partial charge in [0, 0.05) is 17.0 Å². The van der Waals surface area contributed by atoms with E-state index in [1.807, 2.05) is 24.3 Å². The summed E-state index contributed by atoms with van der Waals surface area (Å²) in [6.45, 7) is 0. The molecule has 0 radical (unpaired) electrons. The van der Waals surface area contributed by atoms with Crippen molar-refractivity contribution < 1.29 is 17.9 Å². The Kier molecular flexibility index (Phi) is 5.11. The second-order valence-electron chi connectivity index (χ2n) is 5.89. The number of nitrogens with zero attached hydrogens (tertiary/aromatic N) is 2. The number of halogens is 1. The van der Waals surface area contributed by atoms with Crippen LogP contribution in [0.2, 0.25) is 5.02 Å². The lowest BCUT2D eigenvalue weighted by molar-refractivity contribution is 0.355. The Morgan fingerprint density at radius 2 is 1.81 bits per heavy atom. The molecule has 1 aliphatic heterocycles. The summed E-state index contributed by atoms with van der Waals surface area (Å²) in [6.07, 6.45) is 1.55. The Labute approximate surface area is 158 Å². The Hall–Kier alpha value is -2.25. The summed E-state index contributed by atoms with van der Waals surface area (Å²) in [5, 5.41) is 4.88. The molecule has 1 aliphatic rings. The second kappa shape index (κ2) is 7.17. The number of benzene rings is 2. The van der Waals surface area contributed by atoms with Crippen molar-refractivity contribution in [2.75, 3.05) is 20.5 Å². The van der Waals surface area contributed by atoms with Crippen LogP contribution in [-0.2, 0) is 10.0 Å². The molecule has 0 unspecified atom stereocenters. The highest BCUT2D eigenvalue weighted by atomic mass is 35.5. The molecule has 0 bridgehead atoms. The van der Waals surface area contributed by atoms with E-state index in [0.717, 1.165) is 21.8 Å². The lowest BCUT2D eigenvalue weighted by Gasteiger charge is -2.22. The van der Waals surface area contributed by atoms with Crippen molar-refractivity contribution in [1.82, 2.24) is 4.41 Å². The molecule has 1 atom stereocenters. The fraction of sp³-hybridized carbons (Fsp3) is 0.278. The Morgan fingerprint density at radius 3 is 2.42 bits per heavy atom. The van der Waals surface area contributed by atoms with Crippen LogP contribution in [0.5, 0.6) is 11.5 Å². The van der Waals surface area contributed by atoms with Gasteiger partial charge in [-0.1, -0.05) is 29.8 Å². The number of rotatable bonds is 5. The van der Waals surface area contributed by atoms with Gasteiger partial charge in [0.2, 0.25) is 10.0 Å². The smallest absolute Gasteiger partial charge is 0.247 e. The van der Waals surface area contributed by atoms with Crippen molar-refractivity contribution in [2.24, 2.45) is 5.10 Å². The first kappa shape index (κ1) is 18.5. The normalized spacial score (nSPS) is 17.2. The van der Waals surface area contributed by atoms with Crippen molar-refractivity contribution in [3.63, 3.8) is 0 Å². The molecule has 0 amide bonds. The lowest BCUT2D eigenvalue weighted by Crippen LogP contribution is -2.26. The van der Waals surface area contributed by atoms with Crippen molar-refractivity contribution in [1.29, 1.82) is 0 Å². The van der Waals surface area contributed by atoms with Gasteiger partial charge in [-0.05, 0) is 29.8 Å². The topological polar surface area (TPSA) is 68.2 Å². The highest BCUT2D eigenvalue weighted by Gasteiger charge is 2.35. The number of ether oxygens (including phenoxy) is 2. The van der Waals surface area contributed by atoms with E-state index in [9.17, 15) is 8.42 Å². The van der Waals surface area contributed by atoms with Gasteiger partial charge >= 0.3 is 0 Å². The van der Waals surface area contributed by atoms with Crippen LogP contribution in [0.1, 0.15) is 23.6 Å². The summed E-state index contributed by atoms with van der Waals surface area (Å²) in [7, 11) is -0.447. The van der Waals surface area contributed by atoms with Gasteiger partial charge in [-0.15, -0.1) is 0 Å². The number of hydrogen-bond donors (Lipinski definition) is 0. The molecule has 0 saturated carbocycles. The summed E-state index contributed by atoms with van der Waals surface area (Å²) >= 11 is 6.29. The quantitative estimate of drug-likeness (QED) is 0.778. The molecule has 138 valence electrons. The van der Waals surface area contributed by atoms with Crippen molar-refractivity contribution >= 4 is 27.3 Å². The summed E-state index contributed by atoms with van der Waals surface area (Å²) in [5.41, 5.74) is 2.13. The van der Waals surface area contributed by atoms with Gasteiger partial charge in [-0.2, -0.15) is 9.52 Å². The molecular weight excluding hydrogens is 376 g/mol. The summed E-state index contributed by atoms with van der Waals surface area (Å²) in [6, 6.07) is 12.1. The minimum atomic E-state index is -3.55. The van der Waals surface area contributed by atoms with E-state index in [1.165, 1.54) is 0 Å². The molecule has 0 saturated heterocycles. The van der Waals surface area contributed by atoms with E-state index < -0.39 is 16.1 Å². The molecular formula is C18H19ClN2O4S. The monoisotopic (exact) mass is 394 g/mol. The third kappa shape index (κ3) is 3.50. The predicted molar refractivity (Wildman–Crippen MR) is 102 cm³/mol. The van der Waals surface area contributed by atoms with Gasteiger partial charge in [0.05, 0.1) is 32.2 Å². The van der Waals surface area contributed by atoms with Gasteiger partial charge in [-0.3, -0.25) is 0 Å². The lowest BCUT2D eigenvalue weighted by atomic mass is 9.99. The van der Waals surface area contributed by atoms with E-state index >= 15 is 0 Å². The van der Waals surface area contributed by atoms with E-state index in [1.54, 1.807) is 32.4 Å². The van der Waals surface area contributed by atoms with E-state index in [0.29, 0.717) is 28.7 Å². The van der Waals surface area contributed by atoms with Crippen LogP contribution >= 0.6 is 11.6 Å². The Morgan fingerprint density at radius 1 is 1.12 bits per heavy atom. The van der Waals surface area contributed by atoms with Gasteiger partial charge in [0.25, 0.3) is 0 Å². The van der Waals surface area contributed by atoms with Crippen molar-refractivity contribution in [3.05, 3.63) is 58.6 Å². The highest BCUT2D eigenvalue weighted by Crippen LogP contribution is 2.38. The molecule has 6 nitrogen and oxygen atoms in total.